The van der Waals surface area contributed by atoms with Crippen molar-refractivity contribution in [1.82, 2.24) is 4.90 Å². The number of rotatable bonds is 9. The second-order valence-corrected chi connectivity index (χ2v) is 8.81. The maximum absolute atomic E-state index is 13.1. The van der Waals surface area contributed by atoms with E-state index in [4.69, 9.17) is 9.47 Å². The van der Waals surface area contributed by atoms with E-state index in [1.165, 1.54) is 4.90 Å². The Bertz CT molecular complexity index is 1280. The van der Waals surface area contributed by atoms with Crippen molar-refractivity contribution < 1.29 is 19.1 Å². The summed E-state index contributed by atoms with van der Waals surface area (Å²) in [4.78, 5) is 27.5. The molecule has 1 fully saturated rings. The van der Waals surface area contributed by atoms with Gasteiger partial charge in [0.15, 0.2) is 11.5 Å². The van der Waals surface area contributed by atoms with E-state index in [1.807, 2.05) is 68.4 Å². The zero-order valence-electron chi connectivity index (χ0n) is 19.4. The third kappa shape index (κ3) is 5.02. The van der Waals surface area contributed by atoms with E-state index in [2.05, 4.69) is 6.58 Å². The lowest BCUT2D eigenvalue weighted by atomic mass is 10.0. The molecule has 0 radical (unpaired) electrons. The van der Waals surface area contributed by atoms with Crippen LogP contribution in [0, 0.1) is 0 Å². The van der Waals surface area contributed by atoms with Crippen LogP contribution in [0.3, 0.4) is 0 Å². The Labute approximate surface area is 204 Å². The van der Waals surface area contributed by atoms with Gasteiger partial charge in [-0.15, -0.1) is 6.58 Å². The number of carbonyl (C=O) groups is 2. The second-order valence-electron chi connectivity index (χ2n) is 7.82. The van der Waals surface area contributed by atoms with E-state index in [1.54, 1.807) is 12.2 Å². The van der Waals surface area contributed by atoms with Crippen LogP contribution in [0.1, 0.15) is 30.5 Å². The van der Waals surface area contributed by atoms with Gasteiger partial charge in [-0.25, -0.2) is 0 Å². The molecule has 1 heterocycles. The first kappa shape index (κ1) is 23.6. The summed E-state index contributed by atoms with van der Waals surface area (Å²) in [6, 6.07) is 17.8. The minimum Gasteiger partial charge on any atom is -0.490 e. The zero-order chi connectivity index (χ0) is 24.1. The summed E-state index contributed by atoms with van der Waals surface area (Å²) in [7, 11) is 0. The Balaban J connectivity index is 1.62. The van der Waals surface area contributed by atoms with Gasteiger partial charge in [0.1, 0.15) is 0 Å². The minimum absolute atomic E-state index is 0.238. The van der Waals surface area contributed by atoms with Gasteiger partial charge in [0.25, 0.3) is 11.1 Å². The lowest BCUT2D eigenvalue weighted by Crippen LogP contribution is -2.27. The molecule has 1 saturated heterocycles. The van der Waals surface area contributed by atoms with Crippen molar-refractivity contribution in [2.24, 2.45) is 0 Å². The SMILES string of the molecule is C=CCc1cc(/C=C2\SC(=O)N(Cc3ccc4ccccc4c3)C2=O)cc(OCC)c1OCC. The Morgan fingerprint density at radius 3 is 2.47 bits per heavy atom. The van der Waals surface area contributed by atoms with E-state index in [-0.39, 0.29) is 17.7 Å². The van der Waals surface area contributed by atoms with Gasteiger partial charge >= 0.3 is 0 Å². The minimum atomic E-state index is -0.291. The van der Waals surface area contributed by atoms with E-state index in [9.17, 15) is 9.59 Å². The fraction of sp³-hybridized carbons (Fsp3) is 0.214. The Kier molecular flexibility index (Phi) is 7.38. The lowest BCUT2D eigenvalue weighted by Gasteiger charge is -2.16. The molecule has 6 heteroatoms. The van der Waals surface area contributed by atoms with E-state index < -0.39 is 0 Å². The molecule has 0 aliphatic carbocycles. The molecule has 5 nitrogen and oxygen atoms in total. The Morgan fingerprint density at radius 2 is 1.74 bits per heavy atom. The number of thioether (sulfide) groups is 1. The summed E-state index contributed by atoms with van der Waals surface area (Å²) in [6.07, 6.45) is 4.14. The molecule has 0 atom stereocenters. The van der Waals surface area contributed by atoms with Crippen LogP contribution in [0.15, 0.2) is 72.2 Å². The van der Waals surface area contributed by atoms with E-state index in [0.717, 1.165) is 39.2 Å². The number of nitrogens with zero attached hydrogens (tertiary/aromatic N) is 1. The largest absolute Gasteiger partial charge is 0.490 e. The summed E-state index contributed by atoms with van der Waals surface area (Å²) >= 11 is 0.959. The normalized spacial score (nSPS) is 14.8. The molecule has 2 amide bonds. The van der Waals surface area contributed by atoms with Gasteiger partial charge in [-0.1, -0.05) is 42.5 Å². The molecule has 0 saturated carbocycles. The molecule has 0 aromatic heterocycles. The number of hydrogen-bond donors (Lipinski definition) is 0. The summed E-state index contributed by atoms with van der Waals surface area (Å²) < 4.78 is 11.6. The molecule has 3 aromatic carbocycles. The monoisotopic (exact) mass is 473 g/mol. The average molecular weight is 474 g/mol. The number of allylic oxidation sites excluding steroid dienone is 1. The molecule has 4 rings (SSSR count). The van der Waals surface area contributed by atoms with E-state index in [0.29, 0.717) is 36.0 Å². The standard InChI is InChI=1S/C28H27NO4S/c1-4-9-23-15-20(16-24(32-5-2)26(23)33-6-3)17-25-27(30)29(28(31)34-25)18-19-12-13-21-10-7-8-11-22(21)14-19/h4,7-8,10-17H,1,5-6,9,18H2,2-3H3/b25-17-. The van der Waals surface area contributed by atoms with Crippen LogP contribution < -0.4 is 9.47 Å². The van der Waals surface area contributed by atoms with Gasteiger partial charge < -0.3 is 9.47 Å². The third-order valence-electron chi connectivity index (χ3n) is 5.43. The summed E-state index contributed by atoms with van der Waals surface area (Å²) in [5.41, 5.74) is 2.61. The first-order valence-corrected chi connectivity index (χ1v) is 12.1. The van der Waals surface area contributed by atoms with Gasteiger partial charge in [-0.3, -0.25) is 14.5 Å². The van der Waals surface area contributed by atoms with Crippen LogP contribution in [0.2, 0.25) is 0 Å². The molecule has 174 valence electrons. The van der Waals surface area contributed by atoms with Crippen molar-refractivity contribution in [3.63, 3.8) is 0 Å². The third-order valence-corrected chi connectivity index (χ3v) is 6.34. The number of benzene rings is 3. The van der Waals surface area contributed by atoms with Crippen molar-refractivity contribution in [1.29, 1.82) is 0 Å². The van der Waals surface area contributed by atoms with Gasteiger partial charge in [0.2, 0.25) is 0 Å². The van der Waals surface area contributed by atoms with Crippen LogP contribution >= 0.6 is 11.8 Å². The highest BCUT2D eigenvalue weighted by Crippen LogP contribution is 2.38. The number of hydrogen-bond acceptors (Lipinski definition) is 5. The number of fused-ring (bicyclic) bond motifs is 1. The maximum Gasteiger partial charge on any atom is 0.293 e. The average Bonchev–Trinajstić information content (AvgIpc) is 3.09. The van der Waals surface area contributed by atoms with Crippen molar-refractivity contribution in [2.45, 2.75) is 26.8 Å². The molecular weight excluding hydrogens is 446 g/mol. The molecule has 34 heavy (non-hydrogen) atoms. The van der Waals surface area contributed by atoms with Gasteiger partial charge in [0.05, 0.1) is 24.7 Å². The molecule has 0 bridgehead atoms. The van der Waals surface area contributed by atoms with Crippen molar-refractivity contribution >= 4 is 39.8 Å². The number of carbonyl (C=O) groups excluding carboxylic acids is 2. The number of imide groups is 1. The fourth-order valence-electron chi connectivity index (χ4n) is 3.95. The molecule has 3 aromatic rings. The molecule has 1 aliphatic heterocycles. The summed E-state index contributed by atoms with van der Waals surface area (Å²) in [6.45, 7) is 8.90. The van der Waals surface area contributed by atoms with Crippen molar-refractivity contribution in [2.75, 3.05) is 13.2 Å². The van der Waals surface area contributed by atoms with Gasteiger partial charge in [-0.2, -0.15) is 0 Å². The van der Waals surface area contributed by atoms with E-state index >= 15 is 0 Å². The maximum atomic E-state index is 13.1. The number of ether oxygens (including phenoxy) is 2. The first-order valence-electron chi connectivity index (χ1n) is 11.3. The predicted octanol–water partition coefficient (Wildman–Crippen LogP) is 6.60. The summed E-state index contributed by atoms with van der Waals surface area (Å²) in [5, 5.41) is 1.93. The molecule has 0 unspecified atom stereocenters. The van der Waals surface area contributed by atoms with Crippen LogP contribution in [0.4, 0.5) is 4.79 Å². The fourth-order valence-corrected chi connectivity index (χ4v) is 4.79. The van der Waals surface area contributed by atoms with Crippen LogP contribution in [0.5, 0.6) is 11.5 Å². The summed E-state index contributed by atoms with van der Waals surface area (Å²) in [5.74, 6) is 1.01. The zero-order valence-corrected chi connectivity index (χ0v) is 20.2. The molecule has 0 N–H and O–H groups in total. The lowest BCUT2D eigenvalue weighted by molar-refractivity contribution is -0.123. The quantitative estimate of drug-likeness (QED) is 0.259. The van der Waals surface area contributed by atoms with Crippen molar-refractivity contribution in [3.8, 4) is 11.5 Å². The Morgan fingerprint density at radius 1 is 0.971 bits per heavy atom. The van der Waals surface area contributed by atoms with Gasteiger partial charge in [0, 0.05) is 5.56 Å². The van der Waals surface area contributed by atoms with Crippen molar-refractivity contribution in [3.05, 3.63) is 88.8 Å². The molecular formula is C28H27NO4S. The van der Waals surface area contributed by atoms with Gasteiger partial charge in [-0.05, 0) is 78.2 Å². The topological polar surface area (TPSA) is 55.8 Å². The Hall–Kier alpha value is -3.51. The van der Waals surface area contributed by atoms with Crippen LogP contribution in [-0.2, 0) is 17.8 Å². The molecule has 1 aliphatic rings. The predicted molar refractivity (Wildman–Crippen MR) is 138 cm³/mol. The highest BCUT2D eigenvalue weighted by molar-refractivity contribution is 8.18. The highest BCUT2D eigenvalue weighted by atomic mass is 32.2. The first-order chi connectivity index (χ1) is 16.5. The molecule has 0 spiro atoms. The van der Waals surface area contributed by atoms with Crippen LogP contribution in [0.25, 0.3) is 16.8 Å². The smallest absolute Gasteiger partial charge is 0.293 e. The van der Waals surface area contributed by atoms with Crippen LogP contribution in [-0.4, -0.2) is 29.3 Å². The second kappa shape index (κ2) is 10.6. The number of amides is 2. The highest BCUT2D eigenvalue weighted by Gasteiger charge is 2.35.